The number of ether oxygens (including phenoxy) is 1. The van der Waals surface area contributed by atoms with Crippen molar-refractivity contribution in [2.45, 2.75) is 64.5 Å². The summed E-state index contributed by atoms with van der Waals surface area (Å²) in [5.41, 5.74) is 5.90. The molecule has 5 heteroatoms. The first kappa shape index (κ1) is 14.5. The quantitative estimate of drug-likeness (QED) is 0.907. The van der Waals surface area contributed by atoms with Crippen molar-refractivity contribution in [2.75, 3.05) is 7.11 Å². The molecular formula is C14H25N3O2. The molecule has 1 atom stereocenters. The molecule has 0 unspecified atom stereocenters. The summed E-state index contributed by atoms with van der Waals surface area (Å²) in [6.45, 7) is 6.59. The Morgan fingerprint density at radius 1 is 1.32 bits per heavy atom. The third kappa shape index (κ3) is 2.82. The van der Waals surface area contributed by atoms with Crippen LogP contribution in [-0.2, 0) is 10.3 Å². The third-order valence-corrected chi connectivity index (χ3v) is 4.41. The van der Waals surface area contributed by atoms with Crippen molar-refractivity contribution in [1.29, 1.82) is 0 Å². The fourth-order valence-corrected chi connectivity index (χ4v) is 2.60. The van der Waals surface area contributed by atoms with Crippen molar-refractivity contribution in [3.8, 4) is 0 Å². The molecule has 0 aliphatic heterocycles. The smallest absolute Gasteiger partial charge is 0.243 e. The molecule has 5 nitrogen and oxygen atoms in total. The number of aromatic nitrogens is 2. The van der Waals surface area contributed by atoms with Gasteiger partial charge in [-0.25, -0.2) is 0 Å². The van der Waals surface area contributed by atoms with Crippen molar-refractivity contribution in [1.82, 2.24) is 10.1 Å². The predicted molar refractivity (Wildman–Crippen MR) is 72.5 cm³/mol. The van der Waals surface area contributed by atoms with Gasteiger partial charge < -0.3 is 15.0 Å². The number of methoxy groups -OCH3 is 1. The van der Waals surface area contributed by atoms with E-state index in [1.54, 1.807) is 7.11 Å². The molecule has 0 aromatic carbocycles. The molecule has 0 amide bonds. The molecule has 2 N–H and O–H groups in total. The van der Waals surface area contributed by atoms with Crippen LogP contribution in [-0.4, -0.2) is 17.3 Å². The fourth-order valence-electron chi connectivity index (χ4n) is 2.60. The molecule has 108 valence electrons. The van der Waals surface area contributed by atoms with Gasteiger partial charge in [-0.2, -0.15) is 4.98 Å². The molecule has 1 fully saturated rings. The van der Waals surface area contributed by atoms with Crippen LogP contribution in [0, 0.1) is 5.41 Å². The van der Waals surface area contributed by atoms with E-state index in [1.807, 2.05) is 6.92 Å². The highest BCUT2D eigenvalue weighted by atomic mass is 16.5. The average molecular weight is 267 g/mol. The van der Waals surface area contributed by atoms with Crippen LogP contribution in [0.15, 0.2) is 4.52 Å². The predicted octanol–water partition coefficient (Wildman–Crippen LogP) is 2.92. The zero-order valence-electron chi connectivity index (χ0n) is 12.4. The summed E-state index contributed by atoms with van der Waals surface area (Å²) in [6, 6.07) is -0.185. The normalized spacial score (nSPS) is 23.2. The van der Waals surface area contributed by atoms with Gasteiger partial charge in [0.1, 0.15) is 5.60 Å². The second kappa shape index (κ2) is 5.21. The van der Waals surface area contributed by atoms with Crippen molar-refractivity contribution in [2.24, 2.45) is 11.1 Å². The molecule has 0 saturated heterocycles. The molecule has 0 spiro atoms. The van der Waals surface area contributed by atoms with Crippen LogP contribution < -0.4 is 5.73 Å². The van der Waals surface area contributed by atoms with E-state index >= 15 is 0 Å². The van der Waals surface area contributed by atoms with Crippen LogP contribution in [0.1, 0.15) is 70.6 Å². The van der Waals surface area contributed by atoms with E-state index in [9.17, 15) is 0 Å². The standard InChI is InChI=1S/C14H25N3O2/c1-5-10(15)11-16-12(17-19-11)14(18-4)8-6-13(2,3)7-9-14/h10H,5-9,15H2,1-4H3/t10-/m0/s1. The second-order valence-electron chi connectivity index (χ2n) is 6.33. The van der Waals surface area contributed by atoms with Gasteiger partial charge in [0.05, 0.1) is 6.04 Å². The highest BCUT2D eigenvalue weighted by Gasteiger charge is 2.43. The van der Waals surface area contributed by atoms with Crippen molar-refractivity contribution >= 4 is 0 Å². The topological polar surface area (TPSA) is 74.2 Å². The van der Waals surface area contributed by atoms with E-state index in [1.165, 1.54) is 0 Å². The van der Waals surface area contributed by atoms with Gasteiger partial charge in [-0.1, -0.05) is 25.9 Å². The Labute approximate surface area is 114 Å². The SMILES string of the molecule is CC[C@H](N)c1nc(C2(OC)CCC(C)(C)CC2)no1. The van der Waals surface area contributed by atoms with Crippen LogP contribution >= 0.6 is 0 Å². The number of nitrogens with two attached hydrogens (primary N) is 1. The number of nitrogens with zero attached hydrogens (tertiary/aromatic N) is 2. The zero-order chi connectivity index (χ0) is 14.1. The Morgan fingerprint density at radius 2 is 1.95 bits per heavy atom. The van der Waals surface area contributed by atoms with Crippen LogP contribution in [0.5, 0.6) is 0 Å². The maximum atomic E-state index is 5.93. The molecule has 0 bridgehead atoms. The van der Waals surface area contributed by atoms with E-state index in [4.69, 9.17) is 15.0 Å². The fraction of sp³-hybridized carbons (Fsp3) is 0.857. The van der Waals surface area contributed by atoms with Gasteiger partial charge in [-0.05, 0) is 37.5 Å². The first-order chi connectivity index (χ1) is 8.92. The first-order valence-electron chi connectivity index (χ1n) is 7.07. The van der Waals surface area contributed by atoms with E-state index in [0.29, 0.717) is 17.1 Å². The van der Waals surface area contributed by atoms with Gasteiger partial charge >= 0.3 is 0 Å². The summed E-state index contributed by atoms with van der Waals surface area (Å²) in [4.78, 5) is 4.47. The maximum Gasteiger partial charge on any atom is 0.243 e. The number of hydrogen-bond donors (Lipinski definition) is 1. The van der Waals surface area contributed by atoms with Gasteiger partial charge in [0.2, 0.25) is 11.7 Å². The number of hydrogen-bond acceptors (Lipinski definition) is 5. The second-order valence-corrected chi connectivity index (χ2v) is 6.33. The summed E-state index contributed by atoms with van der Waals surface area (Å²) in [6.07, 6.45) is 4.84. The first-order valence-corrected chi connectivity index (χ1v) is 7.07. The number of rotatable bonds is 4. The van der Waals surface area contributed by atoms with Crippen molar-refractivity contribution in [3.05, 3.63) is 11.7 Å². The molecule has 1 heterocycles. The average Bonchev–Trinajstić information content (AvgIpc) is 2.89. The van der Waals surface area contributed by atoms with Crippen molar-refractivity contribution < 1.29 is 9.26 Å². The van der Waals surface area contributed by atoms with Crippen LogP contribution in [0.4, 0.5) is 0 Å². The molecule has 2 rings (SSSR count). The molecule has 1 aliphatic rings. The lowest BCUT2D eigenvalue weighted by molar-refractivity contribution is -0.0740. The van der Waals surface area contributed by atoms with E-state index in [2.05, 4.69) is 24.0 Å². The molecule has 0 radical (unpaired) electrons. The van der Waals surface area contributed by atoms with E-state index in [-0.39, 0.29) is 6.04 Å². The molecule has 1 aromatic heterocycles. The molecule has 1 saturated carbocycles. The maximum absolute atomic E-state index is 5.93. The Hall–Kier alpha value is -0.940. The summed E-state index contributed by atoms with van der Waals surface area (Å²) >= 11 is 0. The van der Waals surface area contributed by atoms with Crippen LogP contribution in [0.25, 0.3) is 0 Å². The van der Waals surface area contributed by atoms with Gasteiger partial charge in [0.15, 0.2) is 0 Å². The van der Waals surface area contributed by atoms with Gasteiger partial charge in [0.25, 0.3) is 0 Å². The lowest BCUT2D eigenvalue weighted by Crippen LogP contribution is -2.37. The van der Waals surface area contributed by atoms with Gasteiger partial charge in [-0.15, -0.1) is 0 Å². The Bertz CT molecular complexity index is 418. The Balaban J connectivity index is 2.20. The minimum Gasteiger partial charge on any atom is -0.370 e. The largest absolute Gasteiger partial charge is 0.370 e. The summed E-state index contributed by atoms with van der Waals surface area (Å²) < 4.78 is 11.0. The summed E-state index contributed by atoms with van der Waals surface area (Å²) in [7, 11) is 1.73. The van der Waals surface area contributed by atoms with Gasteiger partial charge in [-0.3, -0.25) is 0 Å². The summed E-state index contributed by atoms with van der Waals surface area (Å²) in [5, 5.41) is 4.11. The third-order valence-electron chi connectivity index (χ3n) is 4.41. The zero-order valence-corrected chi connectivity index (χ0v) is 12.4. The highest BCUT2D eigenvalue weighted by molar-refractivity contribution is 5.06. The van der Waals surface area contributed by atoms with Crippen LogP contribution in [0.3, 0.4) is 0 Å². The molecule has 1 aliphatic carbocycles. The van der Waals surface area contributed by atoms with E-state index in [0.717, 1.165) is 32.1 Å². The molecule has 19 heavy (non-hydrogen) atoms. The van der Waals surface area contributed by atoms with Crippen molar-refractivity contribution in [3.63, 3.8) is 0 Å². The highest BCUT2D eigenvalue weighted by Crippen LogP contribution is 2.46. The molecule has 1 aromatic rings. The lowest BCUT2D eigenvalue weighted by Gasteiger charge is -2.40. The lowest BCUT2D eigenvalue weighted by atomic mass is 9.70. The monoisotopic (exact) mass is 267 g/mol. The minimum atomic E-state index is -0.398. The van der Waals surface area contributed by atoms with Gasteiger partial charge in [0, 0.05) is 7.11 Å². The van der Waals surface area contributed by atoms with E-state index < -0.39 is 5.60 Å². The summed E-state index contributed by atoms with van der Waals surface area (Å²) in [5.74, 6) is 1.17. The minimum absolute atomic E-state index is 0.185. The Kier molecular flexibility index (Phi) is 3.97. The Morgan fingerprint density at radius 3 is 2.47 bits per heavy atom. The molecular weight excluding hydrogens is 242 g/mol. The van der Waals surface area contributed by atoms with Crippen LogP contribution in [0.2, 0.25) is 0 Å².